The molecule has 0 atom stereocenters. The van der Waals surface area contributed by atoms with Gasteiger partial charge in [0.05, 0.1) is 18.1 Å². The third-order valence-corrected chi connectivity index (χ3v) is 3.11. The van der Waals surface area contributed by atoms with Crippen molar-refractivity contribution >= 4 is 5.82 Å². The van der Waals surface area contributed by atoms with Crippen LogP contribution in [-0.2, 0) is 6.54 Å². The molecule has 0 unspecified atom stereocenters. The number of nitrogens with one attached hydrogen (secondary N) is 1. The number of rotatable bonds is 9. The number of hydrogen-bond donors (Lipinski definition) is 1. The zero-order valence-corrected chi connectivity index (χ0v) is 14.4. The number of anilines is 1. The molecular formula is C16H31N5. The maximum Gasteiger partial charge on any atom is 0.147 e. The third kappa shape index (κ3) is 7.39. The van der Waals surface area contributed by atoms with Crippen LogP contribution in [-0.4, -0.2) is 54.6 Å². The second kappa shape index (κ2) is 8.95. The molecule has 0 aliphatic carbocycles. The molecule has 1 aromatic heterocycles. The van der Waals surface area contributed by atoms with E-state index in [9.17, 15) is 0 Å². The van der Waals surface area contributed by atoms with Gasteiger partial charge in [-0.15, -0.1) is 0 Å². The molecule has 0 saturated carbocycles. The Kier molecular flexibility index (Phi) is 7.61. The van der Waals surface area contributed by atoms with Gasteiger partial charge in [0.1, 0.15) is 5.82 Å². The second-order valence-electron chi connectivity index (χ2n) is 6.54. The van der Waals surface area contributed by atoms with Gasteiger partial charge in [-0.2, -0.15) is 0 Å². The van der Waals surface area contributed by atoms with E-state index in [-0.39, 0.29) is 0 Å². The van der Waals surface area contributed by atoms with Crippen LogP contribution in [0, 0.1) is 5.92 Å². The van der Waals surface area contributed by atoms with Gasteiger partial charge in [-0.05, 0) is 20.0 Å². The summed E-state index contributed by atoms with van der Waals surface area (Å²) in [4.78, 5) is 13.6. The van der Waals surface area contributed by atoms with Gasteiger partial charge >= 0.3 is 0 Å². The van der Waals surface area contributed by atoms with Crippen LogP contribution in [0.4, 0.5) is 5.82 Å². The molecule has 5 heteroatoms. The minimum atomic E-state index is 0.462. The molecule has 5 nitrogen and oxygen atoms in total. The maximum absolute atomic E-state index is 4.59. The van der Waals surface area contributed by atoms with E-state index in [0.29, 0.717) is 12.0 Å². The molecule has 0 aliphatic heterocycles. The van der Waals surface area contributed by atoms with Crippen molar-refractivity contribution < 1.29 is 0 Å². The molecule has 120 valence electrons. The molecule has 1 N–H and O–H groups in total. The van der Waals surface area contributed by atoms with Crippen LogP contribution in [0.15, 0.2) is 12.4 Å². The minimum Gasteiger partial charge on any atom is -0.354 e. The number of nitrogens with zero attached hydrogens (tertiary/aromatic N) is 4. The van der Waals surface area contributed by atoms with E-state index in [1.165, 1.54) is 0 Å². The highest BCUT2D eigenvalue weighted by atomic mass is 15.2. The van der Waals surface area contributed by atoms with Crippen LogP contribution in [0.25, 0.3) is 0 Å². The summed E-state index contributed by atoms with van der Waals surface area (Å²) in [5.41, 5.74) is 0.990. The summed E-state index contributed by atoms with van der Waals surface area (Å²) in [5.74, 6) is 1.58. The Bertz CT molecular complexity index is 386. The summed E-state index contributed by atoms with van der Waals surface area (Å²) in [7, 11) is 4.19. The van der Waals surface area contributed by atoms with Crippen LogP contribution in [0.2, 0.25) is 0 Å². The van der Waals surface area contributed by atoms with Crippen molar-refractivity contribution in [2.75, 3.05) is 38.6 Å². The number of hydrogen-bond acceptors (Lipinski definition) is 5. The molecule has 1 heterocycles. The van der Waals surface area contributed by atoms with E-state index in [0.717, 1.165) is 37.7 Å². The molecule has 0 spiro atoms. The van der Waals surface area contributed by atoms with Crippen molar-refractivity contribution in [2.45, 2.75) is 40.3 Å². The zero-order chi connectivity index (χ0) is 15.8. The maximum atomic E-state index is 4.59. The minimum absolute atomic E-state index is 0.462. The average Bonchev–Trinajstić information content (AvgIpc) is 2.41. The molecule has 0 radical (unpaired) electrons. The lowest BCUT2D eigenvalue weighted by molar-refractivity contribution is 0.408. The van der Waals surface area contributed by atoms with Crippen molar-refractivity contribution in [3.63, 3.8) is 0 Å². The van der Waals surface area contributed by atoms with Gasteiger partial charge in [0.2, 0.25) is 0 Å². The highest BCUT2D eigenvalue weighted by Crippen LogP contribution is 2.11. The van der Waals surface area contributed by atoms with Gasteiger partial charge in [0.25, 0.3) is 0 Å². The molecule has 0 amide bonds. The third-order valence-electron chi connectivity index (χ3n) is 3.11. The summed E-state index contributed by atoms with van der Waals surface area (Å²) in [6.45, 7) is 12.5. The lowest BCUT2D eigenvalue weighted by Gasteiger charge is -2.26. The van der Waals surface area contributed by atoms with Crippen molar-refractivity contribution in [2.24, 2.45) is 5.92 Å². The summed E-state index contributed by atoms with van der Waals surface area (Å²) >= 11 is 0. The van der Waals surface area contributed by atoms with E-state index < -0.39 is 0 Å². The monoisotopic (exact) mass is 293 g/mol. The van der Waals surface area contributed by atoms with Gasteiger partial charge in [-0.25, -0.2) is 4.98 Å². The Morgan fingerprint density at radius 3 is 2.24 bits per heavy atom. The Hall–Kier alpha value is -1.20. The van der Waals surface area contributed by atoms with Crippen LogP contribution in [0.5, 0.6) is 0 Å². The first-order valence-corrected chi connectivity index (χ1v) is 7.82. The molecule has 0 saturated heterocycles. The Labute approximate surface area is 129 Å². The first-order chi connectivity index (χ1) is 9.88. The van der Waals surface area contributed by atoms with Crippen LogP contribution in [0.1, 0.15) is 33.4 Å². The number of aromatic nitrogens is 2. The summed E-state index contributed by atoms with van der Waals surface area (Å²) in [6.07, 6.45) is 3.78. The zero-order valence-electron chi connectivity index (χ0n) is 14.4. The van der Waals surface area contributed by atoms with Crippen LogP contribution in [0.3, 0.4) is 0 Å². The van der Waals surface area contributed by atoms with Gasteiger partial charge in [0.15, 0.2) is 0 Å². The van der Waals surface area contributed by atoms with E-state index >= 15 is 0 Å². The lowest BCUT2D eigenvalue weighted by Crippen LogP contribution is -2.35. The molecule has 1 aromatic rings. The highest BCUT2D eigenvalue weighted by Gasteiger charge is 2.11. The van der Waals surface area contributed by atoms with Crippen molar-refractivity contribution in [3.8, 4) is 0 Å². The normalized spacial score (nSPS) is 11.7. The van der Waals surface area contributed by atoms with Crippen molar-refractivity contribution in [1.29, 1.82) is 0 Å². The van der Waals surface area contributed by atoms with Gasteiger partial charge in [-0.1, -0.05) is 27.7 Å². The van der Waals surface area contributed by atoms with E-state index in [4.69, 9.17) is 0 Å². The van der Waals surface area contributed by atoms with Gasteiger partial charge in [0, 0.05) is 32.2 Å². The van der Waals surface area contributed by atoms with E-state index in [1.54, 1.807) is 0 Å². The average molecular weight is 293 g/mol. The van der Waals surface area contributed by atoms with Crippen LogP contribution >= 0.6 is 0 Å². The Morgan fingerprint density at radius 1 is 1.05 bits per heavy atom. The smallest absolute Gasteiger partial charge is 0.147 e. The highest BCUT2D eigenvalue weighted by molar-refractivity contribution is 5.35. The second-order valence-corrected chi connectivity index (χ2v) is 6.54. The first kappa shape index (κ1) is 17.9. The lowest BCUT2D eigenvalue weighted by atomic mass is 10.2. The Balaban J connectivity index is 2.68. The standard InChI is InChI=1S/C16H31N5/c1-13(2)12-21(8-7-20(5)6)16-11-18-15(10-19-16)9-17-14(3)4/h10-11,13-14,17H,7-9,12H2,1-6H3. The molecule has 1 rings (SSSR count). The van der Waals surface area contributed by atoms with Crippen LogP contribution < -0.4 is 10.2 Å². The number of likely N-dealkylation sites (N-methyl/N-ethyl adjacent to an activating group) is 1. The van der Waals surface area contributed by atoms with E-state index in [2.05, 4.69) is 66.9 Å². The fourth-order valence-corrected chi connectivity index (χ4v) is 1.97. The fraction of sp³-hybridized carbons (Fsp3) is 0.750. The van der Waals surface area contributed by atoms with Gasteiger partial charge < -0.3 is 15.1 Å². The SMILES string of the molecule is CC(C)CN(CCN(C)C)c1cnc(CNC(C)C)cn1. The summed E-state index contributed by atoms with van der Waals surface area (Å²) in [6, 6.07) is 0.462. The fourth-order valence-electron chi connectivity index (χ4n) is 1.97. The predicted molar refractivity (Wildman–Crippen MR) is 89.6 cm³/mol. The molecule has 21 heavy (non-hydrogen) atoms. The topological polar surface area (TPSA) is 44.3 Å². The predicted octanol–water partition coefficient (Wildman–Crippen LogP) is 2.00. The van der Waals surface area contributed by atoms with Crippen molar-refractivity contribution in [1.82, 2.24) is 20.2 Å². The van der Waals surface area contributed by atoms with Crippen molar-refractivity contribution in [3.05, 3.63) is 18.1 Å². The summed E-state index contributed by atoms with van der Waals surface area (Å²) < 4.78 is 0. The Morgan fingerprint density at radius 2 is 1.76 bits per heavy atom. The molecule has 0 aliphatic rings. The van der Waals surface area contributed by atoms with E-state index in [1.807, 2.05) is 12.4 Å². The van der Waals surface area contributed by atoms with Gasteiger partial charge in [-0.3, -0.25) is 4.98 Å². The largest absolute Gasteiger partial charge is 0.354 e. The molecule has 0 fully saturated rings. The quantitative estimate of drug-likeness (QED) is 0.754. The first-order valence-electron chi connectivity index (χ1n) is 7.82. The summed E-state index contributed by atoms with van der Waals surface area (Å²) in [5, 5.41) is 3.36. The molecular weight excluding hydrogens is 262 g/mol. The molecule has 0 aromatic carbocycles. The molecule has 0 bridgehead atoms.